The van der Waals surface area contributed by atoms with Crippen LogP contribution in [-0.4, -0.2) is 60.9 Å². The fourth-order valence-corrected chi connectivity index (χ4v) is 2.49. The number of imide groups is 1. The molecular weight excluding hydrogens is 264 g/mol. The third-order valence-electron chi connectivity index (χ3n) is 2.24. The van der Waals surface area contributed by atoms with Gasteiger partial charge >= 0.3 is 12.0 Å². The zero-order valence-electron chi connectivity index (χ0n) is 9.33. The Morgan fingerprint density at radius 2 is 1.67 bits per heavy atom. The highest BCUT2D eigenvalue weighted by atomic mass is 32.2. The van der Waals surface area contributed by atoms with Gasteiger partial charge in [0.1, 0.15) is 0 Å². The molecule has 0 aromatic heterocycles. The van der Waals surface area contributed by atoms with Crippen molar-refractivity contribution in [2.45, 2.75) is 0 Å². The predicted octanol–water partition coefficient (Wildman–Crippen LogP) is -1.41. The molecule has 0 spiro atoms. The van der Waals surface area contributed by atoms with Crippen molar-refractivity contribution < 1.29 is 27.9 Å². The zero-order chi connectivity index (χ0) is 13.8. The number of carboxylic acid groups (broad SMARTS) is 1. The lowest BCUT2D eigenvalue weighted by Gasteiger charge is -2.26. The zero-order valence-corrected chi connectivity index (χ0v) is 10.1. The van der Waals surface area contributed by atoms with Crippen LogP contribution in [0.1, 0.15) is 0 Å². The molecule has 1 aliphatic heterocycles. The SMILES string of the molecule is O=C(O)/C=C/C(=O)NC(=O)N1CCS(=O)(=O)CC1. The number of hydrogen-bond donors (Lipinski definition) is 2. The van der Waals surface area contributed by atoms with Gasteiger partial charge in [-0.1, -0.05) is 0 Å². The molecule has 0 saturated carbocycles. The second-order valence-corrected chi connectivity index (χ2v) is 5.91. The Hall–Kier alpha value is -1.90. The Kier molecular flexibility index (Phi) is 4.43. The Balaban J connectivity index is 2.47. The van der Waals surface area contributed by atoms with E-state index in [2.05, 4.69) is 0 Å². The average Bonchev–Trinajstić information content (AvgIpc) is 2.26. The molecule has 0 bridgehead atoms. The average molecular weight is 276 g/mol. The number of hydrogen-bond acceptors (Lipinski definition) is 5. The molecule has 0 aromatic carbocycles. The van der Waals surface area contributed by atoms with E-state index in [1.54, 1.807) is 0 Å². The normalized spacial score (nSPS) is 18.6. The summed E-state index contributed by atoms with van der Waals surface area (Å²) in [5.74, 6) is -2.45. The van der Waals surface area contributed by atoms with Crippen LogP contribution in [0.25, 0.3) is 0 Å². The Morgan fingerprint density at radius 1 is 1.11 bits per heavy atom. The van der Waals surface area contributed by atoms with Crippen molar-refractivity contribution in [3.05, 3.63) is 12.2 Å². The van der Waals surface area contributed by atoms with E-state index in [9.17, 15) is 22.8 Å². The van der Waals surface area contributed by atoms with Gasteiger partial charge in [0, 0.05) is 25.2 Å². The summed E-state index contributed by atoms with van der Waals surface area (Å²) in [5.41, 5.74) is 0. The molecule has 0 aliphatic carbocycles. The third-order valence-corrected chi connectivity index (χ3v) is 3.85. The first-order valence-corrected chi connectivity index (χ1v) is 6.83. The number of carbonyl (C=O) groups excluding carboxylic acids is 2. The van der Waals surface area contributed by atoms with E-state index >= 15 is 0 Å². The number of carboxylic acids is 1. The van der Waals surface area contributed by atoms with Crippen molar-refractivity contribution >= 4 is 27.7 Å². The van der Waals surface area contributed by atoms with Crippen LogP contribution >= 0.6 is 0 Å². The molecule has 1 heterocycles. The minimum absolute atomic E-state index is 0.0179. The highest BCUT2D eigenvalue weighted by Crippen LogP contribution is 2.03. The van der Waals surface area contributed by atoms with E-state index in [1.807, 2.05) is 5.32 Å². The maximum absolute atomic E-state index is 11.5. The van der Waals surface area contributed by atoms with Gasteiger partial charge in [-0.05, 0) is 0 Å². The first-order valence-electron chi connectivity index (χ1n) is 5.01. The van der Waals surface area contributed by atoms with E-state index in [0.29, 0.717) is 12.2 Å². The predicted molar refractivity (Wildman–Crippen MR) is 60.5 cm³/mol. The standard InChI is InChI=1S/C9H12N2O6S/c12-7(1-2-8(13)14)10-9(15)11-3-5-18(16,17)6-4-11/h1-2H,3-6H2,(H,13,14)(H,10,12,15)/b2-1+. The van der Waals surface area contributed by atoms with Gasteiger partial charge < -0.3 is 10.0 Å². The van der Waals surface area contributed by atoms with E-state index in [0.717, 1.165) is 0 Å². The topological polar surface area (TPSA) is 121 Å². The number of nitrogens with zero attached hydrogens (tertiary/aromatic N) is 1. The summed E-state index contributed by atoms with van der Waals surface area (Å²) in [4.78, 5) is 33.9. The van der Waals surface area contributed by atoms with Crippen molar-refractivity contribution in [2.75, 3.05) is 24.6 Å². The highest BCUT2D eigenvalue weighted by molar-refractivity contribution is 7.91. The van der Waals surface area contributed by atoms with E-state index in [1.165, 1.54) is 4.90 Å². The van der Waals surface area contributed by atoms with Gasteiger partial charge in [-0.25, -0.2) is 18.0 Å². The van der Waals surface area contributed by atoms with Crippen LogP contribution in [0.3, 0.4) is 0 Å². The fraction of sp³-hybridized carbons (Fsp3) is 0.444. The fourth-order valence-electron chi connectivity index (χ4n) is 1.29. The van der Waals surface area contributed by atoms with Gasteiger partial charge in [0.05, 0.1) is 11.5 Å². The van der Waals surface area contributed by atoms with Crippen molar-refractivity contribution in [2.24, 2.45) is 0 Å². The van der Waals surface area contributed by atoms with Crippen LogP contribution in [0.5, 0.6) is 0 Å². The number of amides is 3. The number of urea groups is 1. The maximum atomic E-state index is 11.5. The molecule has 18 heavy (non-hydrogen) atoms. The second kappa shape index (κ2) is 5.63. The molecule has 0 atom stereocenters. The first-order chi connectivity index (χ1) is 8.30. The molecule has 0 radical (unpaired) electrons. The molecule has 2 N–H and O–H groups in total. The van der Waals surface area contributed by atoms with Crippen molar-refractivity contribution in [3.8, 4) is 0 Å². The molecule has 3 amide bonds. The molecule has 9 heteroatoms. The number of aliphatic carboxylic acids is 1. The van der Waals surface area contributed by atoms with Gasteiger partial charge in [0.2, 0.25) is 0 Å². The Morgan fingerprint density at radius 3 is 2.17 bits per heavy atom. The van der Waals surface area contributed by atoms with Crippen molar-refractivity contribution in [1.82, 2.24) is 10.2 Å². The van der Waals surface area contributed by atoms with Gasteiger partial charge in [0.15, 0.2) is 9.84 Å². The number of sulfone groups is 1. The largest absolute Gasteiger partial charge is 0.478 e. The van der Waals surface area contributed by atoms with Crippen LogP contribution in [-0.2, 0) is 19.4 Å². The van der Waals surface area contributed by atoms with Crippen LogP contribution < -0.4 is 5.32 Å². The summed E-state index contributed by atoms with van der Waals surface area (Å²) in [6.07, 6.45) is 1.31. The highest BCUT2D eigenvalue weighted by Gasteiger charge is 2.25. The second-order valence-electron chi connectivity index (χ2n) is 3.60. The molecule has 1 rings (SSSR count). The molecule has 0 unspecified atom stereocenters. The molecule has 8 nitrogen and oxygen atoms in total. The summed E-state index contributed by atoms with van der Waals surface area (Å²) in [6.45, 7) is 0.0359. The smallest absolute Gasteiger partial charge is 0.328 e. The molecule has 100 valence electrons. The summed E-state index contributed by atoms with van der Waals surface area (Å²) in [7, 11) is -3.10. The summed E-state index contributed by atoms with van der Waals surface area (Å²) in [6, 6.07) is -0.732. The third kappa shape index (κ3) is 4.53. The van der Waals surface area contributed by atoms with E-state index < -0.39 is 27.7 Å². The number of nitrogens with one attached hydrogen (secondary N) is 1. The van der Waals surface area contributed by atoms with E-state index in [-0.39, 0.29) is 24.6 Å². The lowest BCUT2D eigenvalue weighted by atomic mass is 10.4. The van der Waals surface area contributed by atoms with Crippen molar-refractivity contribution in [3.63, 3.8) is 0 Å². The number of carbonyl (C=O) groups is 3. The molecule has 1 aliphatic rings. The van der Waals surface area contributed by atoms with Gasteiger partial charge in [-0.3, -0.25) is 10.1 Å². The van der Waals surface area contributed by atoms with Crippen LogP contribution in [0.2, 0.25) is 0 Å². The summed E-state index contributed by atoms with van der Waals surface area (Å²) in [5, 5.41) is 10.2. The minimum Gasteiger partial charge on any atom is -0.478 e. The Bertz CT molecular complexity index is 481. The molecule has 1 fully saturated rings. The Labute approximate surface area is 103 Å². The lowest BCUT2D eigenvalue weighted by molar-refractivity contribution is -0.131. The van der Waals surface area contributed by atoms with Crippen LogP contribution in [0.15, 0.2) is 12.2 Å². The lowest BCUT2D eigenvalue weighted by Crippen LogP contribution is -2.49. The van der Waals surface area contributed by atoms with Crippen molar-refractivity contribution in [1.29, 1.82) is 0 Å². The van der Waals surface area contributed by atoms with Gasteiger partial charge in [0.25, 0.3) is 5.91 Å². The van der Waals surface area contributed by atoms with Crippen LogP contribution in [0.4, 0.5) is 4.79 Å². The summed E-state index contributed by atoms with van der Waals surface area (Å²) < 4.78 is 22.2. The molecule has 1 saturated heterocycles. The minimum atomic E-state index is -3.10. The first kappa shape index (κ1) is 14.2. The molecular formula is C9H12N2O6S. The number of rotatable bonds is 2. The monoisotopic (exact) mass is 276 g/mol. The quantitative estimate of drug-likeness (QED) is 0.598. The van der Waals surface area contributed by atoms with Crippen LogP contribution in [0, 0.1) is 0 Å². The van der Waals surface area contributed by atoms with Gasteiger partial charge in [-0.15, -0.1) is 0 Å². The molecule has 0 aromatic rings. The van der Waals surface area contributed by atoms with E-state index in [4.69, 9.17) is 5.11 Å². The maximum Gasteiger partial charge on any atom is 0.328 e. The summed E-state index contributed by atoms with van der Waals surface area (Å²) >= 11 is 0. The van der Waals surface area contributed by atoms with Gasteiger partial charge in [-0.2, -0.15) is 0 Å².